The third-order valence-electron chi connectivity index (χ3n) is 3.23. The Morgan fingerprint density at radius 1 is 1.22 bits per heavy atom. The van der Waals surface area contributed by atoms with Crippen molar-refractivity contribution in [2.75, 3.05) is 6.54 Å². The summed E-state index contributed by atoms with van der Waals surface area (Å²) in [5.41, 5.74) is 2.32. The summed E-state index contributed by atoms with van der Waals surface area (Å²) >= 11 is 0. The predicted octanol–water partition coefficient (Wildman–Crippen LogP) is 3.68. The van der Waals surface area contributed by atoms with Gasteiger partial charge in [-0.1, -0.05) is 19.1 Å². The zero-order chi connectivity index (χ0) is 13.1. The Bertz CT molecular complexity index is 513. The van der Waals surface area contributed by atoms with Crippen LogP contribution in [0.1, 0.15) is 52.0 Å². The highest BCUT2D eigenvalue weighted by Crippen LogP contribution is 2.24. The molecule has 98 valence electrons. The lowest BCUT2D eigenvalue weighted by atomic mass is 10.2. The number of nitrogens with zero attached hydrogens (tertiary/aromatic N) is 2. The Balaban J connectivity index is 2.45. The van der Waals surface area contributed by atoms with Crippen molar-refractivity contribution in [3.05, 3.63) is 30.1 Å². The van der Waals surface area contributed by atoms with Gasteiger partial charge in [0.15, 0.2) is 0 Å². The van der Waals surface area contributed by atoms with E-state index in [9.17, 15) is 0 Å². The van der Waals surface area contributed by atoms with E-state index >= 15 is 0 Å². The molecule has 0 saturated heterocycles. The summed E-state index contributed by atoms with van der Waals surface area (Å²) in [5, 5.41) is 3.52. The minimum Gasteiger partial charge on any atom is -0.324 e. The van der Waals surface area contributed by atoms with Crippen molar-refractivity contribution in [1.29, 1.82) is 0 Å². The first-order valence-electron chi connectivity index (χ1n) is 6.85. The van der Waals surface area contributed by atoms with Crippen molar-refractivity contribution in [3.63, 3.8) is 0 Å². The Hall–Kier alpha value is -1.35. The van der Waals surface area contributed by atoms with Crippen LogP contribution >= 0.6 is 0 Å². The van der Waals surface area contributed by atoms with Crippen LogP contribution in [0, 0.1) is 0 Å². The standard InChI is InChI=1S/C15H23N3/c1-5-10-16-12(4)15-17-13-8-6-7-9-14(13)18(15)11(2)3/h6-9,11-12,16H,5,10H2,1-4H3. The minimum atomic E-state index is 0.291. The number of hydrogen-bond donors (Lipinski definition) is 1. The van der Waals surface area contributed by atoms with E-state index in [1.807, 2.05) is 6.07 Å². The normalized spacial score (nSPS) is 13.4. The molecule has 18 heavy (non-hydrogen) atoms. The van der Waals surface area contributed by atoms with Gasteiger partial charge in [0.25, 0.3) is 0 Å². The Kier molecular flexibility index (Phi) is 4.02. The second-order valence-corrected chi connectivity index (χ2v) is 5.10. The summed E-state index contributed by atoms with van der Waals surface area (Å²) in [5.74, 6) is 1.14. The summed E-state index contributed by atoms with van der Waals surface area (Å²) in [6.07, 6.45) is 1.15. The van der Waals surface area contributed by atoms with Gasteiger partial charge in [-0.2, -0.15) is 0 Å². The molecule has 1 heterocycles. The molecule has 0 bridgehead atoms. The second kappa shape index (κ2) is 5.53. The molecule has 3 heteroatoms. The van der Waals surface area contributed by atoms with Crippen molar-refractivity contribution in [1.82, 2.24) is 14.9 Å². The molecule has 1 atom stereocenters. The number of hydrogen-bond acceptors (Lipinski definition) is 2. The van der Waals surface area contributed by atoms with Crippen LogP contribution in [0.25, 0.3) is 11.0 Å². The van der Waals surface area contributed by atoms with Gasteiger partial charge in [-0.25, -0.2) is 4.98 Å². The maximum Gasteiger partial charge on any atom is 0.127 e. The maximum absolute atomic E-state index is 4.79. The number of rotatable bonds is 5. The lowest BCUT2D eigenvalue weighted by Crippen LogP contribution is -2.23. The van der Waals surface area contributed by atoms with Gasteiger partial charge >= 0.3 is 0 Å². The van der Waals surface area contributed by atoms with E-state index in [0.29, 0.717) is 12.1 Å². The van der Waals surface area contributed by atoms with Crippen LogP contribution < -0.4 is 5.32 Å². The van der Waals surface area contributed by atoms with E-state index < -0.39 is 0 Å². The molecule has 0 fully saturated rings. The largest absolute Gasteiger partial charge is 0.324 e. The van der Waals surface area contributed by atoms with Crippen molar-refractivity contribution in [3.8, 4) is 0 Å². The highest BCUT2D eigenvalue weighted by molar-refractivity contribution is 5.76. The summed E-state index contributed by atoms with van der Waals surface area (Å²) in [7, 11) is 0. The average molecular weight is 245 g/mol. The number of fused-ring (bicyclic) bond motifs is 1. The SMILES string of the molecule is CCCNC(C)c1nc2ccccc2n1C(C)C. The van der Waals surface area contributed by atoms with Gasteiger partial charge < -0.3 is 9.88 Å². The van der Waals surface area contributed by atoms with Crippen molar-refractivity contribution < 1.29 is 0 Å². The van der Waals surface area contributed by atoms with Crippen LogP contribution in [0.2, 0.25) is 0 Å². The lowest BCUT2D eigenvalue weighted by molar-refractivity contribution is 0.492. The molecule has 0 amide bonds. The van der Waals surface area contributed by atoms with Crippen molar-refractivity contribution >= 4 is 11.0 Å². The Morgan fingerprint density at radius 3 is 2.61 bits per heavy atom. The summed E-state index contributed by atoms with van der Waals surface area (Å²) < 4.78 is 2.34. The van der Waals surface area contributed by atoms with Crippen molar-refractivity contribution in [2.24, 2.45) is 0 Å². The third kappa shape index (κ3) is 2.41. The van der Waals surface area contributed by atoms with Crippen molar-refractivity contribution in [2.45, 2.75) is 46.2 Å². The smallest absolute Gasteiger partial charge is 0.127 e. The molecular weight excluding hydrogens is 222 g/mol. The first-order chi connectivity index (χ1) is 8.65. The fraction of sp³-hybridized carbons (Fsp3) is 0.533. The molecular formula is C15H23N3. The van der Waals surface area contributed by atoms with Crippen LogP contribution in [0.15, 0.2) is 24.3 Å². The summed E-state index contributed by atoms with van der Waals surface area (Å²) in [4.78, 5) is 4.79. The molecule has 0 spiro atoms. The van der Waals surface area contributed by atoms with Crippen LogP contribution in [0.4, 0.5) is 0 Å². The molecule has 0 aliphatic heterocycles. The fourth-order valence-electron chi connectivity index (χ4n) is 2.36. The first-order valence-corrected chi connectivity index (χ1v) is 6.85. The summed E-state index contributed by atoms with van der Waals surface area (Å²) in [6.45, 7) is 9.83. The molecule has 3 nitrogen and oxygen atoms in total. The zero-order valence-electron chi connectivity index (χ0n) is 11.8. The fourth-order valence-corrected chi connectivity index (χ4v) is 2.36. The number of imidazole rings is 1. The predicted molar refractivity (Wildman–Crippen MR) is 76.8 cm³/mol. The second-order valence-electron chi connectivity index (χ2n) is 5.10. The number of aromatic nitrogens is 2. The molecule has 0 aliphatic rings. The monoisotopic (exact) mass is 245 g/mol. The van der Waals surface area contributed by atoms with E-state index in [1.165, 1.54) is 5.52 Å². The average Bonchev–Trinajstić information content (AvgIpc) is 2.75. The topological polar surface area (TPSA) is 29.9 Å². The number of para-hydroxylation sites is 2. The molecule has 1 aromatic carbocycles. The molecule has 2 aromatic rings. The van der Waals surface area contributed by atoms with Gasteiger partial charge in [0.2, 0.25) is 0 Å². The molecule has 2 rings (SSSR count). The van der Waals surface area contributed by atoms with Crippen LogP contribution in [-0.2, 0) is 0 Å². The van der Waals surface area contributed by atoms with E-state index in [0.717, 1.165) is 24.3 Å². The molecule has 0 saturated carbocycles. The molecule has 1 N–H and O–H groups in total. The molecule has 1 aromatic heterocycles. The molecule has 1 unspecified atom stereocenters. The van der Waals surface area contributed by atoms with Gasteiger partial charge in [-0.3, -0.25) is 0 Å². The van der Waals surface area contributed by atoms with E-state index in [1.54, 1.807) is 0 Å². The van der Waals surface area contributed by atoms with Gasteiger partial charge in [0, 0.05) is 6.04 Å². The third-order valence-corrected chi connectivity index (χ3v) is 3.23. The quantitative estimate of drug-likeness (QED) is 0.871. The maximum atomic E-state index is 4.79. The van der Waals surface area contributed by atoms with E-state index in [2.05, 4.69) is 55.8 Å². The lowest BCUT2D eigenvalue weighted by Gasteiger charge is -2.18. The van der Waals surface area contributed by atoms with Gasteiger partial charge in [-0.15, -0.1) is 0 Å². The minimum absolute atomic E-state index is 0.291. The first kappa shape index (κ1) is 13.1. The molecule has 0 radical (unpaired) electrons. The van der Waals surface area contributed by atoms with Gasteiger partial charge in [0.05, 0.1) is 17.1 Å². The van der Waals surface area contributed by atoms with E-state index in [-0.39, 0.29) is 0 Å². The number of nitrogens with one attached hydrogen (secondary N) is 1. The molecule has 0 aliphatic carbocycles. The van der Waals surface area contributed by atoms with Crippen LogP contribution in [0.5, 0.6) is 0 Å². The highest BCUT2D eigenvalue weighted by Gasteiger charge is 2.17. The van der Waals surface area contributed by atoms with Crippen LogP contribution in [0.3, 0.4) is 0 Å². The summed E-state index contributed by atoms with van der Waals surface area (Å²) in [6, 6.07) is 9.09. The highest BCUT2D eigenvalue weighted by atomic mass is 15.1. The number of benzene rings is 1. The Labute approximate surface area is 109 Å². The Morgan fingerprint density at radius 2 is 1.94 bits per heavy atom. The van der Waals surface area contributed by atoms with Gasteiger partial charge in [-0.05, 0) is 45.9 Å². The van der Waals surface area contributed by atoms with E-state index in [4.69, 9.17) is 4.98 Å². The zero-order valence-corrected chi connectivity index (χ0v) is 11.8. The van der Waals surface area contributed by atoms with Crippen LogP contribution in [-0.4, -0.2) is 16.1 Å². The van der Waals surface area contributed by atoms with Gasteiger partial charge in [0.1, 0.15) is 5.82 Å².